The highest BCUT2D eigenvalue weighted by molar-refractivity contribution is 8.13. The number of carbonyl (C=O) groups is 3. The Morgan fingerprint density at radius 2 is 1.18 bits per heavy atom. The number of phosphoric acid groups is 1. The number of unbranched alkanes of at least 4 members (excludes halogenated alkanes) is 14. The Hall–Kier alpha value is -0.930. The molecule has 0 aliphatic carbocycles. The van der Waals surface area contributed by atoms with Gasteiger partial charge in [0, 0.05) is 25.5 Å². The Balaban J connectivity index is 3.90. The van der Waals surface area contributed by atoms with Gasteiger partial charge in [0.2, 0.25) is 0 Å². The van der Waals surface area contributed by atoms with E-state index in [0.717, 1.165) is 57.1 Å². The normalized spacial score (nSPS) is 12.3. The van der Waals surface area contributed by atoms with E-state index in [0.29, 0.717) is 12.8 Å². The second-order valence-electron chi connectivity index (χ2n) is 9.72. The summed E-state index contributed by atoms with van der Waals surface area (Å²) in [7, 11) is -4.73. The summed E-state index contributed by atoms with van der Waals surface area (Å²) in [5.41, 5.74) is 0. The van der Waals surface area contributed by atoms with Crippen molar-refractivity contribution in [3.63, 3.8) is 0 Å². The van der Waals surface area contributed by atoms with E-state index in [1.165, 1.54) is 50.3 Å². The van der Waals surface area contributed by atoms with Gasteiger partial charge in [0.05, 0.1) is 6.61 Å². The molecule has 0 aliphatic rings. The van der Waals surface area contributed by atoms with Gasteiger partial charge in [0.25, 0.3) is 0 Å². The standard InChI is InChI=1S/C27H51O9PS/c1-3-4-5-13-17-20-27(30)36-25(23-35-37(31,32)33)22-34-26(29)19-16-14-11-9-7-6-8-10-12-15-18-21-38-24(2)28/h25H,3-23H2,1-2H3,(H2,31,32,33)/t25-/m0/s1. The summed E-state index contributed by atoms with van der Waals surface area (Å²) in [6.45, 7) is 2.88. The highest BCUT2D eigenvalue weighted by Crippen LogP contribution is 2.35. The highest BCUT2D eigenvalue weighted by atomic mass is 32.2. The molecule has 224 valence electrons. The third kappa shape index (κ3) is 28.1. The molecule has 0 aliphatic heterocycles. The Kier molecular flexibility index (Phi) is 24.5. The van der Waals surface area contributed by atoms with Gasteiger partial charge >= 0.3 is 19.8 Å². The molecule has 0 spiro atoms. The predicted molar refractivity (Wildman–Crippen MR) is 151 cm³/mol. The molecule has 38 heavy (non-hydrogen) atoms. The average Bonchev–Trinajstić information content (AvgIpc) is 2.85. The maximum atomic E-state index is 12.1. The van der Waals surface area contributed by atoms with Crippen molar-refractivity contribution in [1.29, 1.82) is 0 Å². The van der Waals surface area contributed by atoms with Crippen LogP contribution in [0.3, 0.4) is 0 Å². The maximum absolute atomic E-state index is 12.1. The molecule has 9 nitrogen and oxygen atoms in total. The zero-order valence-electron chi connectivity index (χ0n) is 23.5. The zero-order chi connectivity index (χ0) is 28.5. The van der Waals surface area contributed by atoms with Crippen LogP contribution in [0.2, 0.25) is 0 Å². The molecule has 11 heteroatoms. The third-order valence-electron chi connectivity index (χ3n) is 5.97. The highest BCUT2D eigenvalue weighted by Gasteiger charge is 2.22. The van der Waals surface area contributed by atoms with Gasteiger partial charge in [-0.2, -0.15) is 0 Å². The molecule has 0 heterocycles. The van der Waals surface area contributed by atoms with E-state index in [-0.39, 0.29) is 24.6 Å². The van der Waals surface area contributed by atoms with Crippen molar-refractivity contribution >= 4 is 36.6 Å². The molecule has 0 amide bonds. The first-order valence-electron chi connectivity index (χ1n) is 14.3. The Labute approximate surface area is 233 Å². The number of hydrogen-bond acceptors (Lipinski definition) is 8. The minimum Gasteiger partial charge on any atom is -0.462 e. The Bertz CT molecular complexity index is 669. The molecule has 0 rings (SSSR count). The summed E-state index contributed by atoms with van der Waals surface area (Å²) in [4.78, 5) is 52.9. The predicted octanol–water partition coefficient (Wildman–Crippen LogP) is 6.87. The minimum absolute atomic E-state index is 0.197. The van der Waals surface area contributed by atoms with Gasteiger partial charge in [-0.25, -0.2) is 4.57 Å². The number of phosphoric ester groups is 1. The second kappa shape index (κ2) is 25.1. The third-order valence-corrected chi connectivity index (χ3v) is 7.36. The molecular formula is C27H51O9PS. The lowest BCUT2D eigenvalue weighted by Gasteiger charge is -2.18. The van der Waals surface area contributed by atoms with Gasteiger partial charge in [-0.3, -0.25) is 18.9 Å². The van der Waals surface area contributed by atoms with Crippen molar-refractivity contribution in [2.24, 2.45) is 0 Å². The molecule has 0 bridgehead atoms. The molecule has 0 aromatic carbocycles. The Morgan fingerprint density at radius 1 is 0.711 bits per heavy atom. The number of ether oxygens (including phenoxy) is 2. The van der Waals surface area contributed by atoms with Crippen LogP contribution in [0.25, 0.3) is 0 Å². The summed E-state index contributed by atoms with van der Waals surface area (Å²) >= 11 is 1.41. The van der Waals surface area contributed by atoms with E-state index < -0.39 is 32.5 Å². The summed E-state index contributed by atoms with van der Waals surface area (Å²) in [6, 6.07) is 0. The van der Waals surface area contributed by atoms with Crippen molar-refractivity contribution < 1.29 is 42.7 Å². The van der Waals surface area contributed by atoms with Gasteiger partial charge in [-0.15, -0.1) is 0 Å². The number of hydrogen-bond donors (Lipinski definition) is 2. The summed E-state index contributed by atoms with van der Waals surface area (Å²) in [6.07, 6.45) is 16.5. The van der Waals surface area contributed by atoms with Crippen molar-refractivity contribution in [3.8, 4) is 0 Å². The van der Waals surface area contributed by atoms with Crippen LogP contribution in [0.4, 0.5) is 0 Å². The minimum atomic E-state index is -4.73. The van der Waals surface area contributed by atoms with Crippen LogP contribution in [-0.4, -0.2) is 51.9 Å². The lowest BCUT2D eigenvalue weighted by atomic mass is 10.1. The van der Waals surface area contributed by atoms with Crippen LogP contribution < -0.4 is 0 Å². The van der Waals surface area contributed by atoms with Crippen LogP contribution >= 0.6 is 19.6 Å². The lowest BCUT2D eigenvalue weighted by Crippen LogP contribution is -2.29. The molecule has 0 saturated heterocycles. The maximum Gasteiger partial charge on any atom is 0.469 e. The van der Waals surface area contributed by atoms with E-state index in [1.807, 2.05) is 0 Å². The summed E-state index contributed by atoms with van der Waals surface area (Å²) in [5.74, 6) is 0.00499. The zero-order valence-corrected chi connectivity index (χ0v) is 25.2. The van der Waals surface area contributed by atoms with Crippen LogP contribution in [-0.2, 0) is 32.9 Å². The van der Waals surface area contributed by atoms with E-state index in [2.05, 4.69) is 11.4 Å². The first kappa shape index (κ1) is 37.1. The van der Waals surface area contributed by atoms with Gasteiger partial charge < -0.3 is 19.3 Å². The molecule has 0 aromatic heterocycles. The number of thioether (sulfide) groups is 1. The largest absolute Gasteiger partial charge is 0.469 e. The van der Waals surface area contributed by atoms with Gasteiger partial charge in [-0.1, -0.05) is 102 Å². The van der Waals surface area contributed by atoms with Crippen molar-refractivity contribution in [2.45, 2.75) is 136 Å². The fraction of sp³-hybridized carbons (Fsp3) is 0.889. The van der Waals surface area contributed by atoms with E-state index in [4.69, 9.17) is 19.3 Å². The van der Waals surface area contributed by atoms with Gasteiger partial charge in [-0.05, 0) is 19.3 Å². The monoisotopic (exact) mass is 582 g/mol. The molecule has 1 atom stereocenters. The average molecular weight is 583 g/mol. The van der Waals surface area contributed by atoms with Gasteiger partial charge in [0.15, 0.2) is 11.2 Å². The molecule has 0 aromatic rings. The SMILES string of the molecule is CCCCCCCC(=O)O[C@@H](COC(=O)CCCCCCCCCCCCCSC(C)=O)COP(=O)(O)O. The lowest BCUT2D eigenvalue weighted by molar-refractivity contribution is -0.161. The first-order chi connectivity index (χ1) is 18.1. The molecular weight excluding hydrogens is 531 g/mol. The molecule has 0 unspecified atom stereocenters. The van der Waals surface area contributed by atoms with Gasteiger partial charge in [0.1, 0.15) is 6.61 Å². The van der Waals surface area contributed by atoms with Crippen molar-refractivity contribution in [3.05, 3.63) is 0 Å². The van der Waals surface area contributed by atoms with Crippen LogP contribution in [0.15, 0.2) is 0 Å². The van der Waals surface area contributed by atoms with E-state index in [1.54, 1.807) is 6.92 Å². The fourth-order valence-corrected chi connectivity index (χ4v) is 4.85. The smallest absolute Gasteiger partial charge is 0.462 e. The van der Waals surface area contributed by atoms with Crippen LogP contribution in [0.1, 0.15) is 129 Å². The molecule has 0 fully saturated rings. The van der Waals surface area contributed by atoms with Crippen LogP contribution in [0.5, 0.6) is 0 Å². The molecule has 0 radical (unpaired) electrons. The summed E-state index contributed by atoms with van der Waals surface area (Å²) in [5, 5.41) is 0.197. The topological polar surface area (TPSA) is 136 Å². The second-order valence-corrected chi connectivity index (χ2v) is 12.2. The molecule has 2 N–H and O–H groups in total. The quantitative estimate of drug-likeness (QED) is 0.0631. The number of carbonyl (C=O) groups excluding carboxylic acids is 3. The van der Waals surface area contributed by atoms with E-state index in [9.17, 15) is 18.9 Å². The van der Waals surface area contributed by atoms with Crippen molar-refractivity contribution in [2.75, 3.05) is 19.0 Å². The fourth-order valence-electron chi connectivity index (χ4n) is 3.85. The number of esters is 2. The summed E-state index contributed by atoms with van der Waals surface area (Å²) < 4.78 is 25.9. The Morgan fingerprint density at radius 3 is 1.68 bits per heavy atom. The van der Waals surface area contributed by atoms with E-state index >= 15 is 0 Å². The molecule has 0 saturated carbocycles. The number of rotatable bonds is 26. The van der Waals surface area contributed by atoms with Crippen LogP contribution in [0, 0.1) is 0 Å². The van der Waals surface area contributed by atoms with Crippen molar-refractivity contribution in [1.82, 2.24) is 0 Å². The first-order valence-corrected chi connectivity index (χ1v) is 16.8.